The van der Waals surface area contributed by atoms with Crippen LogP contribution in [0, 0.1) is 6.92 Å². The van der Waals surface area contributed by atoms with Crippen LogP contribution in [0.15, 0.2) is 42.5 Å². The van der Waals surface area contributed by atoms with Crippen LogP contribution in [0.5, 0.6) is 5.75 Å². The Hall–Kier alpha value is -1.61. The molecule has 4 heteroatoms. The maximum absolute atomic E-state index is 14.0. The van der Waals surface area contributed by atoms with E-state index >= 15 is 0 Å². The minimum atomic E-state index is -2.69. The van der Waals surface area contributed by atoms with Gasteiger partial charge in [-0.05, 0) is 25.0 Å². The third-order valence-electron chi connectivity index (χ3n) is 5.19. The Morgan fingerprint density at radius 1 is 1.09 bits per heavy atom. The monoisotopic (exact) mass is 334 g/mol. The first kappa shape index (κ1) is 14.9. The van der Waals surface area contributed by atoms with E-state index in [0.717, 1.165) is 16.7 Å². The molecule has 0 N–H and O–H groups in total. The highest BCUT2D eigenvalue weighted by Gasteiger charge is 2.58. The van der Waals surface area contributed by atoms with Crippen molar-refractivity contribution in [1.82, 2.24) is 0 Å². The summed E-state index contributed by atoms with van der Waals surface area (Å²) in [6.45, 7) is 2.02. The number of halogens is 3. The zero-order valence-electron chi connectivity index (χ0n) is 12.8. The maximum atomic E-state index is 14.0. The number of aryl methyl sites for hydroxylation is 1. The molecule has 0 aromatic heterocycles. The largest absolute Gasteiger partial charge is 0.487 e. The molecule has 0 bridgehead atoms. The van der Waals surface area contributed by atoms with Crippen molar-refractivity contribution in [2.75, 3.05) is 0 Å². The summed E-state index contributed by atoms with van der Waals surface area (Å²) in [5.74, 6) is -2.12. The second-order valence-corrected chi connectivity index (χ2v) is 7.03. The summed E-state index contributed by atoms with van der Waals surface area (Å²) in [7, 11) is 0. The van der Waals surface area contributed by atoms with Crippen LogP contribution in [0.25, 0.3) is 0 Å². The van der Waals surface area contributed by atoms with Crippen molar-refractivity contribution in [3.8, 4) is 5.75 Å². The molecule has 120 valence electrons. The third-order valence-corrected chi connectivity index (χ3v) is 5.49. The summed E-state index contributed by atoms with van der Waals surface area (Å²) in [4.78, 5) is 0. The van der Waals surface area contributed by atoms with E-state index in [9.17, 15) is 8.78 Å². The van der Waals surface area contributed by atoms with E-state index in [2.05, 4.69) is 0 Å². The smallest absolute Gasteiger partial charge is 0.251 e. The average Bonchev–Trinajstić information content (AvgIpc) is 2.83. The van der Waals surface area contributed by atoms with Crippen LogP contribution in [0.1, 0.15) is 36.0 Å². The summed E-state index contributed by atoms with van der Waals surface area (Å²) >= 11 is 6.27. The van der Waals surface area contributed by atoms with E-state index < -0.39 is 17.4 Å². The van der Waals surface area contributed by atoms with E-state index in [4.69, 9.17) is 16.3 Å². The molecule has 2 atom stereocenters. The molecular weight excluding hydrogens is 318 g/mol. The quantitative estimate of drug-likeness (QED) is 0.667. The molecule has 1 aliphatic carbocycles. The lowest BCUT2D eigenvalue weighted by molar-refractivity contribution is -0.0829. The first-order valence-electron chi connectivity index (χ1n) is 7.83. The summed E-state index contributed by atoms with van der Waals surface area (Å²) in [6, 6.07) is 13.7. The fraction of sp³-hybridized carbons (Fsp3) is 0.368. The molecule has 2 aliphatic rings. The van der Waals surface area contributed by atoms with Gasteiger partial charge in [-0.1, -0.05) is 53.6 Å². The summed E-state index contributed by atoms with van der Waals surface area (Å²) < 4.78 is 34.0. The fourth-order valence-corrected chi connectivity index (χ4v) is 4.22. The molecule has 2 aromatic carbocycles. The molecule has 1 aliphatic heterocycles. The molecule has 1 nitrogen and oxygen atoms in total. The first-order valence-corrected chi connectivity index (χ1v) is 8.21. The number of rotatable bonds is 1. The topological polar surface area (TPSA) is 9.23 Å². The predicted molar refractivity (Wildman–Crippen MR) is 86.6 cm³/mol. The van der Waals surface area contributed by atoms with Gasteiger partial charge in [0.1, 0.15) is 11.9 Å². The minimum absolute atomic E-state index is 0.132. The van der Waals surface area contributed by atoms with Crippen LogP contribution < -0.4 is 4.74 Å². The van der Waals surface area contributed by atoms with E-state index in [0.29, 0.717) is 17.2 Å². The fourth-order valence-electron chi connectivity index (χ4n) is 4.00. The van der Waals surface area contributed by atoms with Gasteiger partial charge in [-0.3, -0.25) is 0 Å². The van der Waals surface area contributed by atoms with Crippen LogP contribution in [-0.4, -0.2) is 12.0 Å². The molecule has 1 saturated carbocycles. The van der Waals surface area contributed by atoms with Crippen LogP contribution in [0.4, 0.5) is 8.78 Å². The van der Waals surface area contributed by atoms with E-state index in [1.54, 1.807) is 6.07 Å². The summed E-state index contributed by atoms with van der Waals surface area (Å²) in [6.07, 6.45) is -0.622. The van der Waals surface area contributed by atoms with E-state index in [-0.39, 0.29) is 12.8 Å². The van der Waals surface area contributed by atoms with Gasteiger partial charge in [0.05, 0.1) is 10.4 Å². The Kier molecular flexibility index (Phi) is 3.21. The number of fused-ring (bicyclic) bond motifs is 3. The van der Waals surface area contributed by atoms with Gasteiger partial charge >= 0.3 is 0 Å². The van der Waals surface area contributed by atoms with Crippen LogP contribution in [-0.2, 0) is 5.41 Å². The number of ether oxygens (including phenoxy) is 1. The van der Waals surface area contributed by atoms with Crippen molar-refractivity contribution in [3.05, 3.63) is 64.2 Å². The normalized spacial score (nSPS) is 27.9. The lowest BCUT2D eigenvalue weighted by Crippen LogP contribution is -2.48. The number of para-hydroxylation sites is 1. The lowest BCUT2D eigenvalue weighted by atomic mass is 9.63. The van der Waals surface area contributed by atoms with Crippen molar-refractivity contribution in [1.29, 1.82) is 0 Å². The summed E-state index contributed by atoms with van der Waals surface area (Å²) in [5, 5.41) is 0.492. The Labute approximate surface area is 139 Å². The molecule has 2 unspecified atom stereocenters. The zero-order valence-corrected chi connectivity index (χ0v) is 13.5. The number of hydrogen-bond acceptors (Lipinski definition) is 1. The maximum Gasteiger partial charge on any atom is 0.251 e. The molecule has 2 aromatic rings. The number of alkyl halides is 2. The third kappa shape index (κ3) is 2.17. The SMILES string of the molecule is Cc1ccc(C23CCC(F)(F)CC2Oc2c(Cl)cccc23)cc1. The van der Waals surface area contributed by atoms with Crippen molar-refractivity contribution in [2.45, 2.75) is 43.6 Å². The first-order chi connectivity index (χ1) is 10.9. The number of benzene rings is 2. The molecule has 0 saturated heterocycles. The van der Waals surface area contributed by atoms with Gasteiger partial charge in [-0.2, -0.15) is 0 Å². The predicted octanol–water partition coefficient (Wildman–Crippen LogP) is 5.51. The Bertz CT molecular complexity index is 756. The van der Waals surface area contributed by atoms with Gasteiger partial charge in [0, 0.05) is 18.4 Å². The van der Waals surface area contributed by atoms with Crippen molar-refractivity contribution in [2.24, 2.45) is 0 Å². The van der Waals surface area contributed by atoms with Gasteiger partial charge in [0.15, 0.2) is 0 Å². The molecule has 4 rings (SSSR count). The molecule has 0 amide bonds. The van der Waals surface area contributed by atoms with Gasteiger partial charge in [-0.25, -0.2) is 8.78 Å². The molecule has 1 fully saturated rings. The minimum Gasteiger partial charge on any atom is -0.487 e. The van der Waals surface area contributed by atoms with Gasteiger partial charge in [0.2, 0.25) is 0 Å². The van der Waals surface area contributed by atoms with Gasteiger partial charge in [0.25, 0.3) is 5.92 Å². The van der Waals surface area contributed by atoms with Crippen molar-refractivity contribution < 1.29 is 13.5 Å². The second-order valence-electron chi connectivity index (χ2n) is 6.62. The van der Waals surface area contributed by atoms with Crippen molar-refractivity contribution in [3.63, 3.8) is 0 Å². The van der Waals surface area contributed by atoms with Gasteiger partial charge < -0.3 is 4.74 Å². The van der Waals surface area contributed by atoms with E-state index in [1.165, 1.54) is 0 Å². The summed E-state index contributed by atoms with van der Waals surface area (Å²) in [5.41, 5.74) is 2.59. The molecule has 0 radical (unpaired) electrons. The Balaban J connectivity index is 1.92. The lowest BCUT2D eigenvalue weighted by Gasteiger charge is -2.41. The Morgan fingerprint density at radius 2 is 1.83 bits per heavy atom. The highest BCUT2D eigenvalue weighted by atomic mass is 35.5. The standard InChI is InChI=1S/C19H17ClF2O/c1-12-5-7-13(8-6-12)19-10-9-18(21,22)11-16(19)23-17-14(19)3-2-4-15(17)20/h2-8,16H,9-11H2,1H3. The average molecular weight is 335 g/mol. The molecule has 0 spiro atoms. The van der Waals surface area contributed by atoms with Crippen LogP contribution >= 0.6 is 11.6 Å². The molecule has 23 heavy (non-hydrogen) atoms. The van der Waals surface area contributed by atoms with Crippen molar-refractivity contribution >= 4 is 11.6 Å². The molecule has 1 heterocycles. The van der Waals surface area contributed by atoms with Gasteiger partial charge in [-0.15, -0.1) is 0 Å². The molecular formula is C19H17ClF2O. The highest BCUT2D eigenvalue weighted by Crippen LogP contribution is 2.58. The van der Waals surface area contributed by atoms with E-state index in [1.807, 2.05) is 43.3 Å². The zero-order chi connectivity index (χ0) is 16.2. The number of hydrogen-bond donors (Lipinski definition) is 0. The highest BCUT2D eigenvalue weighted by molar-refractivity contribution is 6.32. The Morgan fingerprint density at radius 3 is 2.57 bits per heavy atom. The second kappa shape index (κ2) is 4.94. The van der Waals surface area contributed by atoms with Crippen LogP contribution in [0.2, 0.25) is 5.02 Å². The van der Waals surface area contributed by atoms with Crippen LogP contribution in [0.3, 0.4) is 0 Å².